The number of benzene rings is 1. The summed E-state index contributed by atoms with van der Waals surface area (Å²) in [5.74, 6) is -0.269. The third-order valence-corrected chi connectivity index (χ3v) is 4.38. The average Bonchev–Trinajstić information content (AvgIpc) is 2.88. The van der Waals surface area contributed by atoms with Crippen LogP contribution in [-0.2, 0) is 29.7 Å². The molecule has 7 heteroatoms. The van der Waals surface area contributed by atoms with E-state index in [0.717, 1.165) is 12.0 Å². The molecule has 20 heavy (non-hydrogen) atoms. The molecule has 0 N–H and O–H groups in total. The smallest absolute Gasteiger partial charge is 0.306 e. The van der Waals surface area contributed by atoms with Crippen molar-refractivity contribution in [3.63, 3.8) is 0 Å². The standard InChI is InChI=1S/C13H15ClO5S/c14-20(16,17)12-4-1-10(2-5-12)3-6-13(15)19-11-7-8-18-9-11/h1-2,4-5,11H,3,6-9H2. The molecule has 0 saturated carbocycles. The summed E-state index contributed by atoms with van der Waals surface area (Å²) in [7, 11) is 1.52. The Bertz CT molecular complexity index is 561. The molecule has 2 rings (SSSR count). The highest BCUT2D eigenvalue weighted by Gasteiger charge is 2.19. The van der Waals surface area contributed by atoms with Gasteiger partial charge < -0.3 is 9.47 Å². The maximum atomic E-state index is 11.6. The highest BCUT2D eigenvalue weighted by atomic mass is 35.7. The fraction of sp³-hybridized carbons (Fsp3) is 0.462. The van der Waals surface area contributed by atoms with Crippen molar-refractivity contribution in [2.45, 2.75) is 30.3 Å². The first kappa shape index (κ1) is 15.3. The molecule has 0 aliphatic carbocycles. The lowest BCUT2D eigenvalue weighted by Crippen LogP contribution is -2.18. The van der Waals surface area contributed by atoms with E-state index in [9.17, 15) is 13.2 Å². The Hall–Kier alpha value is -1.11. The van der Waals surface area contributed by atoms with Crippen molar-refractivity contribution in [2.24, 2.45) is 0 Å². The molecule has 0 radical (unpaired) electrons. The second-order valence-corrected chi connectivity index (χ2v) is 7.12. The molecule has 1 unspecified atom stereocenters. The second kappa shape index (κ2) is 6.56. The van der Waals surface area contributed by atoms with Crippen LogP contribution in [0, 0.1) is 0 Å². The molecule has 1 aromatic rings. The fourth-order valence-corrected chi connectivity index (χ4v) is 2.69. The van der Waals surface area contributed by atoms with Gasteiger partial charge in [-0.25, -0.2) is 8.42 Å². The molecule has 5 nitrogen and oxygen atoms in total. The van der Waals surface area contributed by atoms with Crippen LogP contribution in [0.25, 0.3) is 0 Å². The van der Waals surface area contributed by atoms with Crippen LogP contribution in [-0.4, -0.2) is 33.7 Å². The minimum atomic E-state index is -3.70. The molecule has 0 aromatic heterocycles. The van der Waals surface area contributed by atoms with Gasteiger partial charge in [-0.1, -0.05) is 12.1 Å². The van der Waals surface area contributed by atoms with Gasteiger partial charge in [0.25, 0.3) is 9.05 Å². The Labute approximate surface area is 122 Å². The lowest BCUT2D eigenvalue weighted by atomic mass is 10.1. The van der Waals surface area contributed by atoms with Crippen LogP contribution in [0.1, 0.15) is 18.4 Å². The van der Waals surface area contributed by atoms with Crippen LogP contribution >= 0.6 is 10.7 Å². The highest BCUT2D eigenvalue weighted by Crippen LogP contribution is 2.16. The summed E-state index contributed by atoms with van der Waals surface area (Å²) < 4.78 is 32.5. The summed E-state index contributed by atoms with van der Waals surface area (Å²) in [5.41, 5.74) is 0.855. The Morgan fingerprint density at radius 3 is 2.60 bits per heavy atom. The number of rotatable bonds is 5. The fourth-order valence-electron chi connectivity index (χ4n) is 1.92. The van der Waals surface area contributed by atoms with Gasteiger partial charge in [-0.3, -0.25) is 4.79 Å². The molecular weight excluding hydrogens is 304 g/mol. The number of carbonyl (C=O) groups excluding carboxylic acids is 1. The zero-order valence-electron chi connectivity index (χ0n) is 10.7. The second-order valence-electron chi connectivity index (χ2n) is 4.56. The van der Waals surface area contributed by atoms with Crippen LogP contribution in [0.4, 0.5) is 0 Å². The third kappa shape index (κ3) is 4.47. The molecule has 1 fully saturated rings. The first-order valence-electron chi connectivity index (χ1n) is 6.26. The third-order valence-electron chi connectivity index (χ3n) is 3.01. The number of aryl methyl sites for hydroxylation is 1. The highest BCUT2D eigenvalue weighted by molar-refractivity contribution is 8.13. The van der Waals surface area contributed by atoms with E-state index in [1.54, 1.807) is 12.1 Å². The van der Waals surface area contributed by atoms with Gasteiger partial charge in [0.05, 0.1) is 18.1 Å². The minimum absolute atomic E-state index is 0.0496. The van der Waals surface area contributed by atoms with Gasteiger partial charge in [0.2, 0.25) is 0 Å². The zero-order valence-corrected chi connectivity index (χ0v) is 12.3. The van der Waals surface area contributed by atoms with Gasteiger partial charge in [-0.2, -0.15) is 0 Å². The van der Waals surface area contributed by atoms with Crippen LogP contribution in [0.5, 0.6) is 0 Å². The van der Waals surface area contributed by atoms with E-state index in [-0.39, 0.29) is 23.4 Å². The van der Waals surface area contributed by atoms with Crippen molar-refractivity contribution in [2.75, 3.05) is 13.2 Å². The topological polar surface area (TPSA) is 69.7 Å². The van der Waals surface area contributed by atoms with E-state index in [0.29, 0.717) is 19.6 Å². The molecule has 1 aliphatic heterocycles. The Morgan fingerprint density at radius 1 is 1.35 bits per heavy atom. The van der Waals surface area contributed by atoms with E-state index in [1.165, 1.54) is 12.1 Å². The van der Waals surface area contributed by atoms with Gasteiger partial charge >= 0.3 is 5.97 Å². The van der Waals surface area contributed by atoms with Crippen LogP contribution in [0.15, 0.2) is 29.2 Å². The molecule has 1 aliphatic rings. The van der Waals surface area contributed by atoms with Crippen molar-refractivity contribution < 1.29 is 22.7 Å². The summed E-state index contributed by atoms with van der Waals surface area (Å²) in [6, 6.07) is 6.13. The summed E-state index contributed by atoms with van der Waals surface area (Å²) in [4.78, 5) is 11.7. The van der Waals surface area contributed by atoms with Gasteiger partial charge in [0.1, 0.15) is 6.10 Å². The van der Waals surface area contributed by atoms with E-state index >= 15 is 0 Å². The number of esters is 1. The molecule has 1 saturated heterocycles. The van der Waals surface area contributed by atoms with Crippen LogP contribution in [0.3, 0.4) is 0 Å². The lowest BCUT2D eigenvalue weighted by molar-refractivity contribution is -0.148. The predicted molar refractivity (Wildman–Crippen MR) is 73.1 cm³/mol. The predicted octanol–water partition coefficient (Wildman–Crippen LogP) is 1.88. The van der Waals surface area contributed by atoms with E-state index in [1.807, 2.05) is 0 Å². The molecule has 1 heterocycles. The van der Waals surface area contributed by atoms with Gasteiger partial charge in [0.15, 0.2) is 0 Å². The van der Waals surface area contributed by atoms with Crippen molar-refractivity contribution in [3.05, 3.63) is 29.8 Å². The molecule has 1 atom stereocenters. The van der Waals surface area contributed by atoms with E-state index in [2.05, 4.69) is 0 Å². The SMILES string of the molecule is O=C(CCc1ccc(S(=O)(=O)Cl)cc1)OC1CCOC1. The maximum absolute atomic E-state index is 11.6. The Balaban J connectivity index is 1.83. The number of hydrogen-bond donors (Lipinski definition) is 0. The first-order chi connectivity index (χ1) is 9.45. The van der Waals surface area contributed by atoms with Crippen molar-refractivity contribution >= 4 is 25.7 Å². The first-order valence-corrected chi connectivity index (χ1v) is 8.57. The lowest BCUT2D eigenvalue weighted by Gasteiger charge is -2.09. The number of halogens is 1. The average molecular weight is 319 g/mol. The summed E-state index contributed by atoms with van der Waals surface area (Å²) >= 11 is 0. The summed E-state index contributed by atoms with van der Waals surface area (Å²) in [6.07, 6.45) is 1.36. The van der Waals surface area contributed by atoms with Crippen molar-refractivity contribution in [3.8, 4) is 0 Å². The van der Waals surface area contributed by atoms with Gasteiger partial charge in [-0.05, 0) is 24.1 Å². The molecular formula is C13H15ClO5S. The quantitative estimate of drug-likeness (QED) is 0.612. The van der Waals surface area contributed by atoms with Gasteiger partial charge in [0, 0.05) is 23.5 Å². The largest absolute Gasteiger partial charge is 0.460 e. The molecule has 0 amide bonds. The monoisotopic (exact) mass is 318 g/mol. The molecule has 110 valence electrons. The Kier molecular flexibility index (Phi) is 5.01. The number of hydrogen-bond acceptors (Lipinski definition) is 5. The molecule has 0 bridgehead atoms. The summed E-state index contributed by atoms with van der Waals surface area (Å²) in [5, 5.41) is 0. The number of ether oxygens (including phenoxy) is 2. The van der Waals surface area contributed by atoms with E-state index < -0.39 is 9.05 Å². The van der Waals surface area contributed by atoms with Crippen LogP contribution in [0.2, 0.25) is 0 Å². The van der Waals surface area contributed by atoms with Gasteiger partial charge in [-0.15, -0.1) is 0 Å². The van der Waals surface area contributed by atoms with E-state index in [4.69, 9.17) is 20.2 Å². The molecule has 1 aromatic carbocycles. The molecule has 0 spiro atoms. The van der Waals surface area contributed by atoms with Crippen molar-refractivity contribution in [1.29, 1.82) is 0 Å². The van der Waals surface area contributed by atoms with Crippen molar-refractivity contribution in [1.82, 2.24) is 0 Å². The number of carbonyl (C=O) groups is 1. The van der Waals surface area contributed by atoms with Crippen LogP contribution < -0.4 is 0 Å². The minimum Gasteiger partial charge on any atom is -0.460 e. The summed E-state index contributed by atoms with van der Waals surface area (Å²) in [6.45, 7) is 1.10. The maximum Gasteiger partial charge on any atom is 0.306 e. The normalized spacial score (nSPS) is 18.9. The zero-order chi connectivity index (χ0) is 14.6. The Morgan fingerprint density at radius 2 is 2.05 bits per heavy atom.